The number of benzene rings is 1. The molecule has 0 spiro atoms. The smallest absolute Gasteiger partial charge is 0.119 e. The third-order valence-corrected chi connectivity index (χ3v) is 4.65. The van der Waals surface area contributed by atoms with Crippen LogP contribution in [-0.2, 0) is 6.54 Å². The predicted octanol–water partition coefficient (Wildman–Crippen LogP) is 2.48. The van der Waals surface area contributed by atoms with Gasteiger partial charge in [0.2, 0.25) is 0 Å². The van der Waals surface area contributed by atoms with Crippen molar-refractivity contribution in [2.24, 2.45) is 0 Å². The Morgan fingerprint density at radius 3 is 2.84 bits per heavy atom. The van der Waals surface area contributed by atoms with Crippen LogP contribution in [0.5, 0.6) is 5.75 Å². The highest BCUT2D eigenvalue weighted by Gasteiger charge is 2.18. The lowest BCUT2D eigenvalue weighted by Crippen LogP contribution is -2.44. The summed E-state index contributed by atoms with van der Waals surface area (Å²) in [7, 11) is 4.27. The molecule has 0 atom stereocenters. The largest absolute Gasteiger partial charge is 0.494 e. The Morgan fingerprint density at radius 1 is 1.32 bits per heavy atom. The van der Waals surface area contributed by atoms with E-state index in [1.807, 2.05) is 12.1 Å². The van der Waals surface area contributed by atoms with Crippen LogP contribution in [0.3, 0.4) is 0 Å². The van der Waals surface area contributed by atoms with Gasteiger partial charge in [0.25, 0.3) is 0 Å². The number of piperidine rings is 1. The number of ether oxygens (including phenoxy) is 1. The maximum Gasteiger partial charge on any atom is 0.119 e. The van der Waals surface area contributed by atoms with Gasteiger partial charge in [-0.25, -0.2) is 0 Å². The van der Waals surface area contributed by atoms with Gasteiger partial charge in [-0.3, -0.25) is 0 Å². The van der Waals surface area contributed by atoms with Crippen molar-refractivity contribution in [2.45, 2.75) is 38.3 Å². The molecule has 1 saturated heterocycles. The van der Waals surface area contributed by atoms with Crippen LogP contribution in [0.15, 0.2) is 24.3 Å². The van der Waals surface area contributed by atoms with Gasteiger partial charge in [0.1, 0.15) is 5.75 Å². The Morgan fingerprint density at radius 2 is 2.12 bits per heavy atom. The lowest BCUT2D eigenvalue weighted by atomic mass is 10.0. The third kappa shape index (κ3) is 7.87. The minimum absolute atomic E-state index is 0.550. The molecule has 1 aliphatic heterocycles. The van der Waals surface area contributed by atoms with Crippen LogP contribution < -0.4 is 10.1 Å². The van der Waals surface area contributed by atoms with Crippen molar-refractivity contribution < 1.29 is 4.74 Å². The second kappa shape index (κ2) is 11.1. The molecule has 5 heteroatoms. The molecule has 0 aliphatic carbocycles. The van der Waals surface area contributed by atoms with E-state index in [2.05, 4.69) is 47.4 Å². The van der Waals surface area contributed by atoms with Gasteiger partial charge in [0.15, 0.2) is 0 Å². The lowest BCUT2D eigenvalue weighted by molar-refractivity contribution is 0.182. The maximum atomic E-state index is 8.55. The van der Waals surface area contributed by atoms with Crippen molar-refractivity contribution in [1.82, 2.24) is 15.1 Å². The number of rotatable bonds is 10. The van der Waals surface area contributed by atoms with Gasteiger partial charge >= 0.3 is 0 Å². The molecular weight excluding hydrogens is 312 g/mol. The molecular formula is C20H32N4O. The van der Waals surface area contributed by atoms with Crippen LogP contribution in [0, 0.1) is 11.3 Å². The normalized spacial score (nSPS) is 16.1. The van der Waals surface area contributed by atoms with E-state index in [9.17, 15) is 0 Å². The van der Waals surface area contributed by atoms with E-state index >= 15 is 0 Å². The number of nitrogens with one attached hydrogen (secondary N) is 1. The number of likely N-dealkylation sites (N-methyl/N-ethyl adjacent to an activating group) is 1. The second-order valence-corrected chi connectivity index (χ2v) is 7.06. The van der Waals surface area contributed by atoms with E-state index in [0.717, 1.165) is 25.3 Å². The average Bonchev–Trinajstić information content (AvgIpc) is 2.63. The molecule has 2 rings (SSSR count). The first-order valence-electron chi connectivity index (χ1n) is 9.36. The van der Waals surface area contributed by atoms with Crippen LogP contribution in [0.4, 0.5) is 0 Å². The molecule has 0 unspecified atom stereocenters. The zero-order valence-electron chi connectivity index (χ0n) is 15.7. The van der Waals surface area contributed by atoms with Gasteiger partial charge in [-0.15, -0.1) is 0 Å². The highest BCUT2D eigenvalue weighted by Crippen LogP contribution is 2.15. The topological polar surface area (TPSA) is 51.5 Å². The Bertz CT molecular complexity index is 533. The van der Waals surface area contributed by atoms with E-state index < -0.39 is 0 Å². The van der Waals surface area contributed by atoms with Gasteiger partial charge in [-0.2, -0.15) is 5.26 Å². The Kier molecular flexibility index (Phi) is 8.75. The van der Waals surface area contributed by atoms with E-state index in [1.165, 1.54) is 38.0 Å². The predicted molar refractivity (Wildman–Crippen MR) is 102 cm³/mol. The van der Waals surface area contributed by atoms with Gasteiger partial charge in [0, 0.05) is 32.1 Å². The Balaban J connectivity index is 1.67. The van der Waals surface area contributed by atoms with E-state index in [4.69, 9.17) is 10.00 Å². The highest BCUT2D eigenvalue weighted by atomic mass is 16.5. The molecule has 1 aliphatic rings. The molecule has 1 heterocycles. The minimum Gasteiger partial charge on any atom is -0.494 e. The monoisotopic (exact) mass is 344 g/mol. The van der Waals surface area contributed by atoms with Gasteiger partial charge in [-0.05, 0) is 64.1 Å². The SMILES string of the molecule is CN(C)CCN1CCC(NCc2cccc(OCCCC#N)c2)CC1. The summed E-state index contributed by atoms with van der Waals surface area (Å²) in [6.07, 6.45) is 3.77. The third-order valence-electron chi connectivity index (χ3n) is 4.65. The summed E-state index contributed by atoms with van der Waals surface area (Å²) in [5.74, 6) is 0.899. The molecule has 1 fully saturated rings. The van der Waals surface area contributed by atoms with Crippen molar-refractivity contribution >= 4 is 0 Å². The zero-order valence-corrected chi connectivity index (χ0v) is 15.7. The first kappa shape index (κ1) is 19.7. The fourth-order valence-corrected chi connectivity index (χ4v) is 3.05. The van der Waals surface area contributed by atoms with Crippen LogP contribution in [0.2, 0.25) is 0 Å². The quantitative estimate of drug-likeness (QED) is 0.661. The summed E-state index contributed by atoms with van der Waals surface area (Å²) < 4.78 is 5.71. The molecule has 0 radical (unpaired) electrons. The van der Waals surface area contributed by atoms with Crippen LogP contribution in [0.1, 0.15) is 31.2 Å². The molecule has 0 aromatic heterocycles. The molecule has 0 amide bonds. The number of nitriles is 1. The molecule has 1 N–H and O–H groups in total. The van der Waals surface area contributed by atoms with E-state index in [1.54, 1.807) is 0 Å². The molecule has 5 nitrogen and oxygen atoms in total. The van der Waals surface area contributed by atoms with Crippen LogP contribution >= 0.6 is 0 Å². The van der Waals surface area contributed by atoms with Crippen LogP contribution in [0.25, 0.3) is 0 Å². The zero-order chi connectivity index (χ0) is 17.9. The van der Waals surface area contributed by atoms with Crippen LogP contribution in [-0.4, -0.2) is 62.7 Å². The van der Waals surface area contributed by atoms with E-state index in [-0.39, 0.29) is 0 Å². The standard InChI is InChI=1S/C20H32N4O/c1-23(2)13-14-24-11-8-19(9-12-24)22-17-18-6-5-7-20(16-18)25-15-4-3-10-21/h5-7,16,19,22H,3-4,8-9,11-15,17H2,1-2H3. The molecule has 0 bridgehead atoms. The summed E-state index contributed by atoms with van der Waals surface area (Å²) in [4.78, 5) is 4.81. The molecule has 25 heavy (non-hydrogen) atoms. The Hall–Kier alpha value is -1.61. The highest BCUT2D eigenvalue weighted by molar-refractivity contribution is 5.28. The first-order chi connectivity index (χ1) is 12.2. The Labute approximate surface area is 152 Å². The fraction of sp³-hybridized carbons (Fsp3) is 0.650. The van der Waals surface area contributed by atoms with Crippen molar-refractivity contribution in [2.75, 3.05) is 46.9 Å². The number of nitrogens with zero attached hydrogens (tertiary/aromatic N) is 3. The van der Waals surface area contributed by atoms with Crippen molar-refractivity contribution in [1.29, 1.82) is 5.26 Å². The average molecular weight is 345 g/mol. The van der Waals surface area contributed by atoms with Gasteiger partial charge in [0.05, 0.1) is 12.7 Å². The lowest BCUT2D eigenvalue weighted by Gasteiger charge is -2.33. The van der Waals surface area contributed by atoms with E-state index in [0.29, 0.717) is 19.1 Å². The summed E-state index contributed by atoms with van der Waals surface area (Å²) in [6.45, 7) is 6.18. The minimum atomic E-state index is 0.550. The summed E-state index contributed by atoms with van der Waals surface area (Å²) >= 11 is 0. The van der Waals surface area contributed by atoms with Gasteiger partial charge in [-0.1, -0.05) is 12.1 Å². The van der Waals surface area contributed by atoms with Crippen molar-refractivity contribution in [3.63, 3.8) is 0 Å². The number of hydrogen-bond donors (Lipinski definition) is 1. The molecule has 138 valence electrons. The summed E-state index contributed by atoms with van der Waals surface area (Å²) in [6, 6.07) is 11.0. The second-order valence-electron chi connectivity index (χ2n) is 7.06. The number of likely N-dealkylation sites (tertiary alicyclic amines) is 1. The fourth-order valence-electron chi connectivity index (χ4n) is 3.05. The van der Waals surface area contributed by atoms with Gasteiger partial charge < -0.3 is 19.9 Å². The molecule has 1 aromatic carbocycles. The number of unbranched alkanes of at least 4 members (excludes halogenated alkanes) is 1. The summed E-state index contributed by atoms with van der Waals surface area (Å²) in [5.41, 5.74) is 1.26. The van der Waals surface area contributed by atoms with Crippen molar-refractivity contribution in [3.05, 3.63) is 29.8 Å². The maximum absolute atomic E-state index is 8.55. The molecule has 1 aromatic rings. The first-order valence-corrected chi connectivity index (χ1v) is 9.36. The number of hydrogen-bond acceptors (Lipinski definition) is 5. The molecule has 0 saturated carbocycles. The van der Waals surface area contributed by atoms with Crippen molar-refractivity contribution in [3.8, 4) is 11.8 Å². The summed E-state index contributed by atoms with van der Waals surface area (Å²) in [5, 5.41) is 12.2.